The number of hydrogen-bond acceptors (Lipinski definition) is 6. The van der Waals surface area contributed by atoms with Crippen LogP contribution in [0.15, 0.2) is 36.1 Å². The Morgan fingerprint density at radius 1 is 0.818 bits per heavy atom. The molecule has 0 heterocycles. The summed E-state index contributed by atoms with van der Waals surface area (Å²) >= 11 is 0. The topological polar surface area (TPSA) is 123 Å². The highest BCUT2D eigenvalue weighted by Gasteiger charge is 2.19. The number of allylic oxidation sites excluding steroid dienone is 1. The molecule has 1 radical (unpaired) electrons. The summed E-state index contributed by atoms with van der Waals surface area (Å²) in [6.07, 6.45) is 13.4. The summed E-state index contributed by atoms with van der Waals surface area (Å²) in [7, 11) is 0. The fourth-order valence-electron chi connectivity index (χ4n) is 3.43. The van der Waals surface area contributed by atoms with Gasteiger partial charge in [0.05, 0.1) is 12.7 Å². The van der Waals surface area contributed by atoms with Crippen LogP contribution >= 0.6 is 0 Å². The summed E-state index contributed by atoms with van der Waals surface area (Å²) in [6.45, 7) is 8.36. The Hall–Kier alpha value is -1.70. The highest BCUT2D eigenvalue weighted by Crippen LogP contribution is 2.29. The first-order chi connectivity index (χ1) is 16.1. The molecule has 1 aliphatic carbocycles. The lowest BCUT2D eigenvalue weighted by Crippen LogP contribution is -2.18. The van der Waals surface area contributed by atoms with Gasteiger partial charge in [-0.2, -0.15) is 0 Å². The van der Waals surface area contributed by atoms with Gasteiger partial charge in [-0.15, -0.1) is 0 Å². The molecule has 33 heavy (non-hydrogen) atoms. The second-order valence-corrected chi connectivity index (χ2v) is 8.40. The van der Waals surface area contributed by atoms with Gasteiger partial charge in [0.2, 0.25) is 0 Å². The molecule has 0 amide bonds. The van der Waals surface area contributed by atoms with Gasteiger partial charge in [-0.1, -0.05) is 37.1 Å². The van der Waals surface area contributed by atoms with Gasteiger partial charge in [0.25, 0.3) is 0 Å². The summed E-state index contributed by atoms with van der Waals surface area (Å²) in [5.74, 6) is 0.842. The fourth-order valence-corrected chi connectivity index (χ4v) is 3.43. The zero-order valence-electron chi connectivity index (χ0n) is 20.9. The summed E-state index contributed by atoms with van der Waals surface area (Å²) in [4.78, 5) is 0. The van der Waals surface area contributed by atoms with Crippen LogP contribution in [-0.2, 0) is 15.9 Å². The normalized spacial score (nSPS) is 15.4. The van der Waals surface area contributed by atoms with E-state index < -0.39 is 0 Å². The van der Waals surface area contributed by atoms with Crippen LogP contribution < -0.4 is 22.9 Å². The lowest BCUT2D eigenvalue weighted by Gasteiger charge is -2.23. The third-order valence-corrected chi connectivity index (χ3v) is 5.19. The van der Waals surface area contributed by atoms with Crippen LogP contribution in [0.2, 0.25) is 0 Å². The van der Waals surface area contributed by atoms with Crippen molar-refractivity contribution in [3.05, 3.63) is 59.2 Å². The molecule has 1 aromatic carbocycles. The number of hydrogen-bond donors (Lipinski definition) is 4. The SMILES string of the molecule is CCCCN.Cc1cc(CCCCN)cc(C2=CC(OCCCN)=CC(OCCCN)[CH]2)c1. The van der Waals surface area contributed by atoms with Crippen molar-refractivity contribution < 1.29 is 9.47 Å². The summed E-state index contributed by atoms with van der Waals surface area (Å²) in [5, 5.41) is 0. The van der Waals surface area contributed by atoms with Crippen LogP contribution in [0, 0.1) is 13.3 Å². The highest BCUT2D eigenvalue weighted by atomic mass is 16.5. The standard InChI is InChI=1S/C23H36N3O2.C4H11N/c1-18-12-19(6-2-3-7-24)14-20(13-18)21-15-22(27-10-4-8-25)17-23(16-21)28-11-5-9-26;1-2-3-4-5/h12-17,22H,2-11,24-26H2,1H3;2-5H2,1H3. The van der Waals surface area contributed by atoms with Crippen LogP contribution in [0.4, 0.5) is 0 Å². The van der Waals surface area contributed by atoms with E-state index in [1.54, 1.807) is 0 Å². The molecule has 0 spiro atoms. The Morgan fingerprint density at radius 3 is 2.15 bits per heavy atom. The van der Waals surface area contributed by atoms with Crippen molar-refractivity contribution in [2.75, 3.05) is 39.4 Å². The lowest BCUT2D eigenvalue weighted by atomic mass is 9.91. The second-order valence-electron chi connectivity index (χ2n) is 8.40. The van der Waals surface area contributed by atoms with Gasteiger partial charge in [0.15, 0.2) is 0 Å². The zero-order valence-corrected chi connectivity index (χ0v) is 20.9. The minimum atomic E-state index is -0.111. The third-order valence-electron chi connectivity index (χ3n) is 5.19. The van der Waals surface area contributed by atoms with Crippen molar-refractivity contribution in [2.45, 2.75) is 64.9 Å². The van der Waals surface area contributed by atoms with Gasteiger partial charge in [0, 0.05) is 13.0 Å². The van der Waals surface area contributed by atoms with E-state index >= 15 is 0 Å². The van der Waals surface area contributed by atoms with Gasteiger partial charge >= 0.3 is 0 Å². The molecule has 187 valence electrons. The van der Waals surface area contributed by atoms with Crippen LogP contribution in [0.3, 0.4) is 0 Å². The average molecular weight is 460 g/mol. The van der Waals surface area contributed by atoms with E-state index in [4.69, 9.17) is 32.4 Å². The largest absolute Gasteiger partial charge is 0.494 e. The minimum absolute atomic E-state index is 0.111. The number of rotatable bonds is 15. The number of aryl methyl sites for hydroxylation is 2. The molecule has 0 aliphatic heterocycles. The molecule has 1 atom stereocenters. The Kier molecular flexibility index (Phi) is 16.6. The molecule has 2 rings (SSSR count). The molecule has 0 saturated carbocycles. The average Bonchev–Trinajstić information content (AvgIpc) is 2.80. The first kappa shape index (κ1) is 29.3. The quantitative estimate of drug-likeness (QED) is 0.297. The zero-order chi connectivity index (χ0) is 24.3. The molecular formula is C27H47N4O2. The first-order valence-electron chi connectivity index (χ1n) is 12.5. The first-order valence-corrected chi connectivity index (χ1v) is 12.5. The Labute approximate surface area is 201 Å². The molecule has 1 unspecified atom stereocenters. The van der Waals surface area contributed by atoms with Gasteiger partial charge in [-0.05, 0) is 100 Å². The number of unbranched alkanes of at least 4 members (excludes halogenated alkanes) is 2. The molecule has 1 aromatic rings. The van der Waals surface area contributed by atoms with Crippen molar-refractivity contribution in [3.8, 4) is 0 Å². The molecule has 8 N–H and O–H groups in total. The van der Waals surface area contributed by atoms with Crippen molar-refractivity contribution in [3.63, 3.8) is 0 Å². The van der Waals surface area contributed by atoms with Crippen molar-refractivity contribution in [1.29, 1.82) is 0 Å². The van der Waals surface area contributed by atoms with E-state index in [1.165, 1.54) is 29.5 Å². The van der Waals surface area contributed by atoms with E-state index in [9.17, 15) is 0 Å². The summed E-state index contributed by atoms with van der Waals surface area (Å²) in [6, 6.07) is 6.74. The fraction of sp³-hybridized carbons (Fsp3) is 0.593. The molecule has 0 fully saturated rings. The van der Waals surface area contributed by atoms with E-state index in [-0.39, 0.29) is 6.10 Å². The van der Waals surface area contributed by atoms with Crippen LogP contribution in [-0.4, -0.2) is 45.5 Å². The van der Waals surface area contributed by atoms with E-state index in [1.807, 2.05) is 6.08 Å². The maximum atomic E-state index is 5.98. The summed E-state index contributed by atoms with van der Waals surface area (Å²) in [5.41, 5.74) is 26.9. The Morgan fingerprint density at radius 2 is 1.52 bits per heavy atom. The number of nitrogens with two attached hydrogens (primary N) is 4. The second kappa shape index (κ2) is 18.7. The third kappa shape index (κ3) is 12.9. The predicted molar refractivity (Wildman–Crippen MR) is 141 cm³/mol. The Balaban J connectivity index is 0.000000981. The van der Waals surface area contributed by atoms with Gasteiger partial charge in [-0.3, -0.25) is 0 Å². The molecule has 6 heteroatoms. The smallest absolute Gasteiger partial charge is 0.118 e. The maximum Gasteiger partial charge on any atom is 0.118 e. The number of benzene rings is 1. The monoisotopic (exact) mass is 459 g/mol. The Bertz CT molecular complexity index is 701. The van der Waals surface area contributed by atoms with Gasteiger partial charge < -0.3 is 32.4 Å². The summed E-state index contributed by atoms with van der Waals surface area (Å²) < 4.78 is 11.9. The van der Waals surface area contributed by atoms with E-state index in [0.717, 1.165) is 56.5 Å². The highest BCUT2D eigenvalue weighted by molar-refractivity contribution is 5.77. The lowest BCUT2D eigenvalue weighted by molar-refractivity contribution is 0.102. The van der Waals surface area contributed by atoms with Gasteiger partial charge in [-0.25, -0.2) is 0 Å². The van der Waals surface area contributed by atoms with E-state index in [0.29, 0.717) is 26.3 Å². The van der Waals surface area contributed by atoms with E-state index in [2.05, 4.69) is 44.5 Å². The molecule has 1 aliphatic rings. The molecule has 0 bridgehead atoms. The van der Waals surface area contributed by atoms with Crippen LogP contribution in [0.5, 0.6) is 0 Å². The molecule has 0 saturated heterocycles. The molecule has 6 nitrogen and oxygen atoms in total. The van der Waals surface area contributed by atoms with Crippen molar-refractivity contribution >= 4 is 5.57 Å². The minimum Gasteiger partial charge on any atom is -0.494 e. The predicted octanol–water partition coefficient (Wildman–Crippen LogP) is 3.61. The maximum absolute atomic E-state index is 5.98. The van der Waals surface area contributed by atoms with Crippen molar-refractivity contribution in [1.82, 2.24) is 0 Å². The number of ether oxygens (including phenoxy) is 2. The van der Waals surface area contributed by atoms with Crippen LogP contribution in [0.1, 0.15) is 62.1 Å². The molecular weight excluding hydrogens is 412 g/mol. The van der Waals surface area contributed by atoms with Gasteiger partial charge in [0.1, 0.15) is 5.76 Å². The van der Waals surface area contributed by atoms with Crippen LogP contribution in [0.25, 0.3) is 5.57 Å². The van der Waals surface area contributed by atoms with Crippen molar-refractivity contribution in [2.24, 2.45) is 22.9 Å². The molecule has 0 aromatic heterocycles.